The minimum absolute atomic E-state index is 0.250. The minimum atomic E-state index is -0.423. The lowest BCUT2D eigenvalue weighted by Gasteiger charge is -2.17. The zero-order valence-electron chi connectivity index (χ0n) is 10.4. The maximum atomic E-state index is 11.8. The Kier molecular flexibility index (Phi) is 5.43. The highest BCUT2D eigenvalue weighted by molar-refractivity contribution is 5.77. The van der Waals surface area contributed by atoms with Crippen LogP contribution in [0, 0.1) is 0 Å². The maximum Gasteiger partial charge on any atom is 0.327 e. The molecule has 0 aliphatic rings. The summed E-state index contributed by atoms with van der Waals surface area (Å²) in [6.07, 6.45) is 0. The van der Waals surface area contributed by atoms with Gasteiger partial charge in [-0.1, -0.05) is 42.5 Å². The molecule has 1 N–H and O–H groups in total. The third kappa shape index (κ3) is 4.41. The third-order valence-corrected chi connectivity index (χ3v) is 2.26. The van der Waals surface area contributed by atoms with Gasteiger partial charge >= 0.3 is 5.97 Å². The van der Waals surface area contributed by atoms with Crippen molar-refractivity contribution in [3.05, 3.63) is 48.0 Å². The molecular weight excluding hydrogens is 214 g/mol. The number of carbonyl (C=O) groups excluding carboxylic acids is 1. The molecule has 1 unspecified atom stereocenters. The average molecular weight is 233 g/mol. The van der Waals surface area contributed by atoms with Gasteiger partial charge in [0.15, 0.2) is 0 Å². The molecule has 0 aliphatic carbocycles. The van der Waals surface area contributed by atoms with E-state index in [2.05, 4.69) is 11.9 Å². The van der Waals surface area contributed by atoms with E-state index in [-0.39, 0.29) is 5.97 Å². The summed E-state index contributed by atoms with van der Waals surface area (Å²) in [5.41, 5.74) is 1.89. The van der Waals surface area contributed by atoms with E-state index in [9.17, 15) is 4.79 Å². The predicted octanol–water partition coefficient (Wildman–Crippen LogP) is 2.46. The van der Waals surface area contributed by atoms with E-state index in [1.165, 1.54) is 0 Å². The van der Waals surface area contributed by atoms with Gasteiger partial charge in [-0.2, -0.15) is 0 Å². The maximum absolute atomic E-state index is 11.8. The molecule has 0 saturated carbocycles. The van der Waals surface area contributed by atoms with Gasteiger partial charge in [-0.05, 0) is 19.4 Å². The number of rotatable bonds is 6. The van der Waals surface area contributed by atoms with E-state index in [0.717, 1.165) is 11.1 Å². The summed E-state index contributed by atoms with van der Waals surface area (Å²) in [6.45, 7) is 8.51. The van der Waals surface area contributed by atoms with Crippen molar-refractivity contribution in [2.24, 2.45) is 0 Å². The van der Waals surface area contributed by atoms with Gasteiger partial charge in [-0.25, -0.2) is 4.79 Å². The van der Waals surface area contributed by atoms with Gasteiger partial charge < -0.3 is 4.74 Å². The van der Waals surface area contributed by atoms with Crippen LogP contribution in [-0.4, -0.2) is 19.1 Å². The van der Waals surface area contributed by atoms with Crippen molar-refractivity contribution in [2.75, 3.05) is 13.2 Å². The van der Waals surface area contributed by atoms with E-state index in [1.807, 2.05) is 37.3 Å². The quantitative estimate of drug-likeness (QED) is 0.606. The number of carbonyl (C=O) groups is 1. The summed E-state index contributed by atoms with van der Waals surface area (Å²) in [5, 5.41) is 3.15. The topological polar surface area (TPSA) is 38.3 Å². The number of benzene rings is 1. The molecule has 0 spiro atoms. The standard InChI is InChI=1S/C14H19NO2/c1-4-17-14(16)13(15-10-11(2)3)12-8-6-5-7-9-12/h5-9,13,15H,2,4,10H2,1,3H3. The summed E-state index contributed by atoms with van der Waals surface area (Å²) < 4.78 is 5.06. The van der Waals surface area contributed by atoms with Gasteiger partial charge in [0.25, 0.3) is 0 Å². The van der Waals surface area contributed by atoms with Crippen LogP contribution in [0.1, 0.15) is 25.5 Å². The van der Waals surface area contributed by atoms with Gasteiger partial charge in [0.1, 0.15) is 6.04 Å². The molecule has 1 aromatic rings. The summed E-state index contributed by atoms with van der Waals surface area (Å²) >= 11 is 0. The Balaban J connectivity index is 2.78. The van der Waals surface area contributed by atoms with Gasteiger partial charge in [0.2, 0.25) is 0 Å². The summed E-state index contributed by atoms with van der Waals surface area (Å²) in [7, 11) is 0. The molecule has 1 rings (SSSR count). The molecule has 0 aromatic heterocycles. The molecule has 0 amide bonds. The van der Waals surface area contributed by atoms with Gasteiger partial charge in [0, 0.05) is 6.54 Å². The van der Waals surface area contributed by atoms with Crippen molar-refractivity contribution in [1.29, 1.82) is 0 Å². The van der Waals surface area contributed by atoms with Crippen LogP contribution in [-0.2, 0) is 9.53 Å². The van der Waals surface area contributed by atoms with Gasteiger partial charge in [-0.3, -0.25) is 5.32 Å². The van der Waals surface area contributed by atoms with Crippen molar-refractivity contribution in [3.8, 4) is 0 Å². The van der Waals surface area contributed by atoms with Crippen LogP contribution in [0.3, 0.4) is 0 Å². The van der Waals surface area contributed by atoms with Gasteiger partial charge in [-0.15, -0.1) is 0 Å². The monoisotopic (exact) mass is 233 g/mol. The van der Waals surface area contributed by atoms with Crippen LogP contribution in [0.2, 0.25) is 0 Å². The molecular formula is C14H19NO2. The highest BCUT2D eigenvalue weighted by Crippen LogP contribution is 2.14. The van der Waals surface area contributed by atoms with Crippen LogP contribution in [0.15, 0.2) is 42.5 Å². The molecule has 0 heterocycles. The zero-order valence-corrected chi connectivity index (χ0v) is 10.4. The fraction of sp³-hybridized carbons (Fsp3) is 0.357. The Bertz CT molecular complexity index is 373. The molecule has 92 valence electrons. The molecule has 3 heteroatoms. The summed E-state index contributed by atoms with van der Waals surface area (Å²) in [4.78, 5) is 11.8. The third-order valence-electron chi connectivity index (χ3n) is 2.26. The van der Waals surface area contributed by atoms with Crippen LogP contribution in [0.5, 0.6) is 0 Å². The Labute approximate surface area is 102 Å². The van der Waals surface area contributed by atoms with Crippen LogP contribution >= 0.6 is 0 Å². The van der Waals surface area contributed by atoms with E-state index in [1.54, 1.807) is 6.92 Å². The molecule has 0 bridgehead atoms. The molecule has 17 heavy (non-hydrogen) atoms. The first-order chi connectivity index (χ1) is 8.15. The summed E-state index contributed by atoms with van der Waals surface area (Å²) in [6, 6.07) is 9.13. The Morgan fingerprint density at radius 1 is 1.41 bits per heavy atom. The van der Waals surface area contributed by atoms with Crippen LogP contribution in [0.4, 0.5) is 0 Å². The lowest BCUT2D eigenvalue weighted by Crippen LogP contribution is -2.31. The van der Waals surface area contributed by atoms with E-state index >= 15 is 0 Å². The molecule has 1 aromatic carbocycles. The number of esters is 1. The SMILES string of the molecule is C=C(C)CNC(C(=O)OCC)c1ccccc1. The highest BCUT2D eigenvalue weighted by Gasteiger charge is 2.20. The fourth-order valence-corrected chi connectivity index (χ4v) is 1.48. The zero-order chi connectivity index (χ0) is 12.7. The second-order valence-electron chi connectivity index (χ2n) is 3.93. The van der Waals surface area contributed by atoms with Crippen molar-refractivity contribution in [1.82, 2.24) is 5.32 Å². The normalized spacial score (nSPS) is 11.9. The van der Waals surface area contributed by atoms with E-state index in [4.69, 9.17) is 4.74 Å². The largest absolute Gasteiger partial charge is 0.465 e. The highest BCUT2D eigenvalue weighted by atomic mass is 16.5. The Morgan fingerprint density at radius 2 is 2.06 bits per heavy atom. The summed E-state index contributed by atoms with van der Waals surface area (Å²) in [5.74, 6) is -0.250. The van der Waals surface area contributed by atoms with Crippen molar-refractivity contribution < 1.29 is 9.53 Å². The first-order valence-electron chi connectivity index (χ1n) is 5.74. The minimum Gasteiger partial charge on any atom is -0.465 e. The second kappa shape index (κ2) is 6.86. The van der Waals surface area contributed by atoms with Crippen molar-refractivity contribution >= 4 is 5.97 Å². The molecule has 0 saturated heterocycles. The van der Waals surface area contributed by atoms with Crippen LogP contribution < -0.4 is 5.32 Å². The van der Waals surface area contributed by atoms with Gasteiger partial charge in [0.05, 0.1) is 6.61 Å². The lowest BCUT2D eigenvalue weighted by atomic mass is 10.1. The first-order valence-corrected chi connectivity index (χ1v) is 5.74. The molecule has 3 nitrogen and oxygen atoms in total. The van der Waals surface area contributed by atoms with Crippen molar-refractivity contribution in [3.63, 3.8) is 0 Å². The predicted molar refractivity (Wildman–Crippen MR) is 68.6 cm³/mol. The lowest BCUT2D eigenvalue weighted by molar-refractivity contribution is -0.145. The number of hydrogen-bond acceptors (Lipinski definition) is 3. The Morgan fingerprint density at radius 3 is 2.59 bits per heavy atom. The number of ether oxygens (including phenoxy) is 1. The fourth-order valence-electron chi connectivity index (χ4n) is 1.48. The van der Waals surface area contributed by atoms with Crippen LogP contribution in [0.25, 0.3) is 0 Å². The Hall–Kier alpha value is -1.61. The number of nitrogens with one attached hydrogen (secondary N) is 1. The second-order valence-corrected chi connectivity index (χ2v) is 3.93. The molecule has 0 aliphatic heterocycles. The first kappa shape index (κ1) is 13.5. The molecule has 0 fully saturated rings. The van der Waals surface area contributed by atoms with E-state index in [0.29, 0.717) is 13.2 Å². The average Bonchev–Trinajstić information content (AvgIpc) is 2.30. The smallest absolute Gasteiger partial charge is 0.327 e. The van der Waals surface area contributed by atoms with E-state index < -0.39 is 6.04 Å². The molecule has 0 radical (unpaired) electrons. The van der Waals surface area contributed by atoms with Crippen molar-refractivity contribution in [2.45, 2.75) is 19.9 Å². The number of hydrogen-bond donors (Lipinski definition) is 1. The molecule has 1 atom stereocenters.